The number of sulfonamides is 1. The minimum absolute atomic E-state index is 0.108. The van der Waals surface area contributed by atoms with E-state index >= 15 is 0 Å². The molecule has 2 aromatic rings. The Morgan fingerprint density at radius 3 is 1.87 bits per heavy atom. The molecule has 0 heterocycles. The molecule has 6 nitrogen and oxygen atoms in total. The average molecular weight is 614 g/mol. The van der Waals surface area contributed by atoms with Crippen LogP contribution < -0.4 is 4.18 Å². The van der Waals surface area contributed by atoms with Crippen LogP contribution in [-0.2, 0) is 20.1 Å². The first-order chi connectivity index (χ1) is 17.5. The number of halogens is 9. The molecule has 1 atom stereocenters. The number of aryl methyl sites for hydroxylation is 1. The van der Waals surface area contributed by atoms with Crippen molar-refractivity contribution in [3.63, 3.8) is 0 Å². The highest BCUT2D eigenvalue weighted by Crippen LogP contribution is 2.52. The fourth-order valence-electron chi connectivity index (χ4n) is 3.18. The van der Waals surface area contributed by atoms with E-state index in [9.17, 15) is 56.3 Å². The summed E-state index contributed by atoms with van der Waals surface area (Å²) in [5, 5.41) is -14.1. The summed E-state index contributed by atoms with van der Waals surface area (Å²) < 4.78 is 180. The third kappa shape index (κ3) is 6.02. The fourth-order valence-corrected chi connectivity index (χ4v) is 5.17. The fraction of sp³-hybridized carbons (Fsp3) is 0.409. The van der Waals surface area contributed by atoms with Gasteiger partial charge in [0.2, 0.25) is 0 Å². The standard InChI is InChI=1S/C22H20F9NO5S2/c1-4-13(2)17-11-10-16(12-14(17)3)37-39(35,36)22(30,31)20(26,27)21(28,29)38(33,34)32-18(19(23,24)25)15-8-6-5-7-9-15/h5-13H,4H2,1-3H3. The highest BCUT2D eigenvalue weighted by atomic mass is 32.2. The van der Waals surface area contributed by atoms with Gasteiger partial charge >= 0.3 is 42.7 Å². The Labute approximate surface area is 217 Å². The number of hydrogen-bond acceptors (Lipinski definition) is 5. The van der Waals surface area contributed by atoms with Crippen LogP contribution in [0.15, 0.2) is 52.9 Å². The number of hydrogen-bond donors (Lipinski definition) is 0. The summed E-state index contributed by atoms with van der Waals surface area (Å²) in [5.74, 6) is -8.47. The van der Waals surface area contributed by atoms with Crippen molar-refractivity contribution in [2.75, 3.05) is 0 Å². The number of rotatable bonds is 10. The molecule has 218 valence electrons. The molecule has 0 bridgehead atoms. The van der Waals surface area contributed by atoms with Crippen LogP contribution in [0.5, 0.6) is 5.75 Å². The van der Waals surface area contributed by atoms with E-state index in [0.29, 0.717) is 24.1 Å². The van der Waals surface area contributed by atoms with Crippen molar-refractivity contribution in [3.8, 4) is 5.75 Å². The van der Waals surface area contributed by atoms with Gasteiger partial charge < -0.3 is 4.18 Å². The van der Waals surface area contributed by atoms with E-state index < -0.39 is 59.8 Å². The van der Waals surface area contributed by atoms with Crippen molar-refractivity contribution in [1.82, 2.24) is 0 Å². The molecule has 0 aliphatic heterocycles. The zero-order valence-corrected chi connectivity index (χ0v) is 21.7. The lowest BCUT2D eigenvalue weighted by molar-refractivity contribution is -0.245. The molecule has 0 amide bonds. The predicted molar refractivity (Wildman–Crippen MR) is 122 cm³/mol. The molecule has 0 aliphatic carbocycles. The maximum atomic E-state index is 14.5. The molecule has 0 saturated heterocycles. The topological polar surface area (TPSA) is 89.9 Å². The van der Waals surface area contributed by atoms with Gasteiger partial charge in [0.05, 0.1) is 0 Å². The van der Waals surface area contributed by atoms with Gasteiger partial charge in [-0.15, -0.1) is 0 Å². The van der Waals surface area contributed by atoms with E-state index in [0.717, 1.165) is 30.3 Å². The Balaban J connectivity index is 2.57. The summed E-state index contributed by atoms with van der Waals surface area (Å²) in [4.78, 5) is 0. The monoisotopic (exact) mass is 613 g/mol. The molecule has 0 aromatic heterocycles. The molecular formula is C22H20F9NO5S2. The van der Waals surface area contributed by atoms with Crippen molar-refractivity contribution < 1.29 is 60.5 Å². The summed E-state index contributed by atoms with van der Waals surface area (Å²) in [5.41, 5.74) is -2.98. The van der Waals surface area contributed by atoms with E-state index in [1.165, 1.54) is 13.0 Å². The highest BCUT2D eigenvalue weighted by Gasteiger charge is 2.83. The van der Waals surface area contributed by atoms with Crippen LogP contribution in [0.1, 0.15) is 42.9 Å². The molecule has 0 radical (unpaired) electrons. The van der Waals surface area contributed by atoms with E-state index in [4.69, 9.17) is 0 Å². The van der Waals surface area contributed by atoms with Crippen molar-refractivity contribution in [2.24, 2.45) is 4.40 Å². The second-order valence-electron chi connectivity index (χ2n) is 8.25. The van der Waals surface area contributed by atoms with Gasteiger partial charge in [0.15, 0.2) is 5.71 Å². The van der Waals surface area contributed by atoms with Gasteiger partial charge in [-0.25, -0.2) is 0 Å². The van der Waals surface area contributed by atoms with Crippen LogP contribution >= 0.6 is 0 Å². The average Bonchev–Trinajstić information content (AvgIpc) is 2.81. The van der Waals surface area contributed by atoms with Gasteiger partial charge in [-0.1, -0.05) is 50.2 Å². The first-order valence-electron chi connectivity index (χ1n) is 10.7. The summed E-state index contributed by atoms with van der Waals surface area (Å²) >= 11 is 0. The van der Waals surface area contributed by atoms with Crippen LogP contribution in [0, 0.1) is 6.92 Å². The van der Waals surface area contributed by atoms with Gasteiger partial charge in [0.1, 0.15) is 5.75 Å². The van der Waals surface area contributed by atoms with Crippen molar-refractivity contribution in [3.05, 3.63) is 65.2 Å². The first kappa shape index (κ1) is 32.4. The lowest BCUT2D eigenvalue weighted by atomic mass is 9.94. The molecule has 2 rings (SSSR count). The largest absolute Gasteiger partial charge is 0.450 e. The summed E-state index contributed by atoms with van der Waals surface area (Å²) in [6.07, 6.45) is -5.24. The van der Waals surface area contributed by atoms with E-state index in [2.05, 4.69) is 4.18 Å². The van der Waals surface area contributed by atoms with E-state index in [1.807, 2.05) is 0 Å². The quantitative estimate of drug-likeness (QED) is 0.175. The van der Waals surface area contributed by atoms with E-state index in [1.54, 1.807) is 18.2 Å². The number of alkyl halides is 9. The Morgan fingerprint density at radius 2 is 1.41 bits per heavy atom. The highest BCUT2D eigenvalue weighted by molar-refractivity contribution is 7.91. The normalized spacial score (nSPS) is 15.2. The predicted octanol–water partition coefficient (Wildman–Crippen LogP) is 6.42. The number of benzene rings is 2. The first-order valence-corrected chi connectivity index (χ1v) is 13.5. The van der Waals surface area contributed by atoms with E-state index in [-0.39, 0.29) is 11.5 Å². The van der Waals surface area contributed by atoms with Gasteiger partial charge in [0.25, 0.3) is 0 Å². The molecule has 1 unspecified atom stereocenters. The molecular weight excluding hydrogens is 593 g/mol. The summed E-state index contributed by atoms with van der Waals surface area (Å²) in [7, 11) is -14.6. The molecule has 2 aromatic carbocycles. The van der Waals surface area contributed by atoms with Crippen molar-refractivity contribution in [1.29, 1.82) is 0 Å². The zero-order chi connectivity index (χ0) is 30.2. The van der Waals surface area contributed by atoms with Gasteiger partial charge in [-0.2, -0.15) is 60.7 Å². The van der Waals surface area contributed by atoms with Crippen LogP contribution in [0.2, 0.25) is 0 Å². The third-order valence-electron chi connectivity index (χ3n) is 5.49. The molecule has 39 heavy (non-hydrogen) atoms. The van der Waals surface area contributed by atoms with Crippen molar-refractivity contribution >= 4 is 25.9 Å². The summed E-state index contributed by atoms with van der Waals surface area (Å²) in [6, 6.07) is 6.76. The molecule has 0 aliphatic rings. The third-order valence-corrected chi connectivity index (χ3v) is 8.11. The van der Waals surface area contributed by atoms with Crippen LogP contribution in [0.25, 0.3) is 0 Å². The Hall–Kier alpha value is -2.82. The molecule has 0 fully saturated rings. The van der Waals surface area contributed by atoms with Gasteiger partial charge in [0, 0.05) is 5.56 Å². The molecule has 0 saturated carbocycles. The smallest absolute Gasteiger partial charge is 0.378 e. The lowest BCUT2D eigenvalue weighted by Gasteiger charge is -2.30. The number of nitrogens with zero attached hydrogens (tertiary/aromatic N) is 1. The molecule has 17 heteroatoms. The SMILES string of the molecule is CCC(C)c1ccc(OS(=O)(=O)C(F)(F)C(F)(F)C(F)(F)S(=O)(=O)N=C(c2ccccc2)C(F)(F)F)cc1C. The maximum Gasteiger partial charge on any atom is 0.450 e. The Kier molecular flexibility index (Phi) is 8.83. The minimum atomic E-state index is -7.50. The molecule has 0 spiro atoms. The zero-order valence-electron chi connectivity index (χ0n) is 20.1. The Morgan fingerprint density at radius 1 is 0.872 bits per heavy atom. The second-order valence-corrected chi connectivity index (χ2v) is 11.5. The van der Waals surface area contributed by atoms with Crippen molar-refractivity contribution in [2.45, 2.75) is 55.7 Å². The summed E-state index contributed by atoms with van der Waals surface area (Å²) in [6.45, 7) is 4.93. The van der Waals surface area contributed by atoms with Crippen LogP contribution in [-0.4, -0.2) is 45.2 Å². The maximum absolute atomic E-state index is 14.5. The Bertz CT molecular complexity index is 1440. The van der Waals surface area contributed by atoms with Crippen LogP contribution in [0.4, 0.5) is 39.5 Å². The second kappa shape index (κ2) is 10.6. The van der Waals surface area contributed by atoms with Gasteiger partial charge in [-0.3, -0.25) is 0 Å². The lowest BCUT2D eigenvalue weighted by Crippen LogP contribution is -2.61. The minimum Gasteiger partial charge on any atom is -0.378 e. The molecule has 0 N–H and O–H groups in total. The van der Waals surface area contributed by atoms with Crippen LogP contribution in [0.3, 0.4) is 0 Å². The van der Waals surface area contributed by atoms with Gasteiger partial charge in [-0.05, 0) is 42.5 Å².